The number of aliphatic carboxylic acids is 1. The van der Waals surface area contributed by atoms with Crippen molar-refractivity contribution in [3.63, 3.8) is 0 Å². The van der Waals surface area contributed by atoms with E-state index in [1.165, 1.54) is 0 Å². The quantitative estimate of drug-likeness (QED) is 0.823. The molecule has 0 bridgehead atoms. The summed E-state index contributed by atoms with van der Waals surface area (Å²) in [6.45, 7) is 7.05. The van der Waals surface area contributed by atoms with Gasteiger partial charge in [0.15, 0.2) is 0 Å². The van der Waals surface area contributed by atoms with E-state index in [9.17, 15) is 9.59 Å². The fourth-order valence-electron chi connectivity index (χ4n) is 1.83. The molecule has 1 aromatic rings. The number of nitrogens with zero attached hydrogens (tertiary/aromatic N) is 1. The van der Waals surface area contributed by atoms with Crippen molar-refractivity contribution in [2.75, 3.05) is 0 Å². The molecule has 1 aromatic heterocycles. The fraction of sp³-hybridized carbons (Fsp3) is 0.615. The third-order valence-corrected chi connectivity index (χ3v) is 2.66. The molecule has 1 rings (SSSR count). The molecule has 0 spiro atoms. The fourth-order valence-corrected chi connectivity index (χ4v) is 1.83. The topological polar surface area (TPSA) is 92.4 Å². The van der Waals surface area contributed by atoms with Crippen LogP contribution in [0.25, 0.3) is 0 Å². The van der Waals surface area contributed by atoms with Gasteiger partial charge in [0, 0.05) is 6.42 Å². The van der Waals surface area contributed by atoms with Crippen LogP contribution in [0.1, 0.15) is 51.3 Å². The Labute approximate surface area is 112 Å². The van der Waals surface area contributed by atoms with Gasteiger partial charge in [-0.1, -0.05) is 13.8 Å². The maximum Gasteiger partial charge on any atom is 0.303 e. The van der Waals surface area contributed by atoms with E-state index in [1.54, 1.807) is 33.9 Å². The van der Waals surface area contributed by atoms with Gasteiger partial charge in [0.25, 0.3) is 0 Å². The van der Waals surface area contributed by atoms with Crippen LogP contribution in [0.3, 0.4) is 0 Å². The van der Waals surface area contributed by atoms with E-state index >= 15 is 0 Å². The first-order chi connectivity index (χ1) is 8.69. The number of carboxylic acids is 1. The van der Waals surface area contributed by atoms with E-state index in [0.717, 1.165) is 0 Å². The molecule has 0 saturated carbocycles. The second kappa shape index (κ2) is 5.86. The van der Waals surface area contributed by atoms with Gasteiger partial charge >= 0.3 is 5.97 Å². The van der Waals surface area contributed by atoms with E-state index in [1.807, 2.05) is 0 Å². The lowest BCUT2D eigenvalue weighted by atomic mass is 9.85. The summed E-state index contributed by atoms with van der Waals surface area (Å²) in [5.74, 6) is 0.00738. The molecule has 19 heavy (non-hydrogen) atoms. The minimum atomic E-state index is -0.908. The summed E-state index contributed by atoms with van der Waals surface area (Å²) in [4.78, 5) is 26.6. The Hall–Kier alpha value is -1.85. The molecule has 0 aliphatic carbocycles. The van der Waals surface area contributed by atoms with Crippen molar-refractivity contribution < 1.29 is 19.1 Å². The van der Waals surface area contributed by atoms with Crippen molar-refractivity contribution >= 4 is 11.9 Å². The molecule has 2 N–H and O–H groups in total. The molecule has 0 saturated heterocycles. The molecular formula is C13H20N2O4. The van der Waals surface area contributed by atoms with Crippen LogP contribution in [-0.4, -0.2) is 22.0 Å². The van der Waals surface area contributed by atoms with Gasteiger partial charge in [-0.05, 0) is 19.3 Å². The second-order valence-electron chi connectivity index (χ2n) is 5.51. The second-order valence-corrected chi connectivity index (χ2v) is 5.51. The van der Waals surface area contributed by atoms with Crippen LogP contribution in [-0.2, 0) is 9.59 Å². The zero-order valence-electron chi connectivity index (χ0n) is 11.7. The van der Waals surface area contributed by atoms with E-state index in [-0.39, 0.29) is 24.8 Å². The molecule has 0 aliphatic heterocycles. The van der Waals surface area contributed by atoms with Crippen molar-refractivity contribution in [2.45, 2.75) is 46.6 Å². The van der Waals surface area contributed by atoms with Gasteiger partial charge in [0.1, 0.15) is 11.8 Å². The average molecular weight is 268 g/mol. The Balaban J connectivity index is 2.53. The number of hydrogen-bond donors (Lipinski definition) is 2. The van der Waals surface area contributed by atoms with Gasteiger partial charge in [-0.2, -0.15) is 0 Å². The third-order valence-electron chi connectivity index (χ3n) is 2.66. The first kappa shape index (κ1) is 15.2. The highest BCUT2D eigenvalue weighted by Crippen LogP contribution is 2.25. The normalized spacial score (nSPS) is 13.1. The molecule has 106 valence electrons. The van der Waals surface area contributed by atoms with Crippen LogP contribution < -0.4 is 5.32 Å². The third kappa shape index (κ3) is 5.11. The minimum Gasteiger partial charge on any atom is -0.481 e. The number of aryl methyl sites for hydroxylation is 1. The van der Waals surface area contributed by atoms with Crippen LogP contribution in [0.15, 0.2) is 10.6 Å². The lowest BCUT2D eigenvalue weighted by Gasteiger charge is -2.22. The molecule has 1 amide bonds. The monoisotopic (exact) mass is 268 g/mol. The van der Waals surface area contributed by atoms with Gasteiger partial charge < -0.3 is 14.8 Å². The van der Waals surface area contributed by atoms with Crippen LogP contribution in [0.2, 0.25) is 0 Å². The summed E-state index contributed by atoms with van der Waals surface area (Å²) in [5.41, 5.74) is -0.581. The van der Waals surface area contributed by atoms with Crippen LogP contribution >= 0.6 is 0 Å². The van der Waals surface area contributed by atoms with E-state index in [4.69, 9.17) is 9.52 Å². The maximum atomic E-state index is 11.9. The van der Waals surface area contributed by atoms with Crippen LogP contribution in [0.4, 0.5) is 0 Å². The Morgan fingerprint density at radius 1 is 1.47 bits per heavy atom. The van der Waals surface area contributed by atoms with E-state index < -0.39 is 11.4 Å². The molecule has 0 radical (unpaired) electrons. The molecule has 1 atom stereocenters. The zero-order chi connectivity index (χ0) is 14.6. The van der Waals surface area contributed by atoms with Crippen molar-refractivity contribution in [1.29, 1.82) is 0 Å². The highest BCUT2D eigenvalue weighted by atomic mass is 16.4. The minimum absolute atomic E-state index is 0.0487. The van der Waals surface area contributed by atoms with Crippen molar-refractivity contribution in [3.05, 3.63) is 17.8 Å². The number of hydrogen-bond acceptors (Lipinski definition) is 4. The predicted octanol–water partition coefficient (Wildman–Crippen LogP) is 2.05. The Kier molecular flexibility index (Phi) is 4.69. The van der Waals surface area contributed by atoms with Gasteiger partial charge in [-0.15, -0.1) is 0 Å². The van der Waals surface area contributed by atoms with Crippen molar-refractivity contribution in [3.8, 4) is 0 Å². The van der Waals surface area contributed by atoms with Crippen LogP contribution in [0.5, 0.6) is 0 Å². The summed E-state index contributed by atoms with van der Waals surface area (Å²) in [6, 6.07) is -0.332. The van der Waals surface area contributed by atoms with Gasteiger partial charge in [0.05, 0.1) is 12.6 Å². The molecule has 0 fully saturated rings. The largest absolute Gasteiger partial charge is 0.481 e. The van der Waals surface area contributed by atoms with E-state index in [0.29, 0.717) is 11.7 Å². The Morgan fingerprint density at radius 3 is 2.58 bits per heavy atom. The van der Waals surface area contributed by atoms with E-state index in [2.05, 4.69) is 10.3 Å². The van der Waals surface area contributed by atoms with Crippen molar-refractivity contribution in [1.82, 2.24) is 10.3 Å². The smallest absolute Gasteiger partial charge is 0.303 e. The molecule has 6 nitrogen and oxygen atoms in total. The molecule has 1 unspecified atom stereocenters. The molecular weight excluding hydrogens is 248 g/mol. The SMILES string of the molecule is Cc1cnc(C(C)NC(=O)CC(C)(C)CC(=O)O)o1. The molecule has 0 aliphatic rings. The average Bonchev–Trinajstić information content (AvgIpc) is 2.61. The highest BCUT2D eigenvalue weighted by molar-refractivity contribution is 5.78. The summed E-state index contributed by atoms with van der Waals surface area (Å²) >= 11 is 0. The lowest BCUT2D eigenvalue weighted by Crippen LogP contribution is -2.32. The number of nitrogens with one attached hydrogen (secondary N) is 1. The summed E-state index contributed by atoms with van der Waals surface area (Å²) in [6.07, 6.45) is 1.68. The Morgan fingerprint density at radius 2 is 2.11 bits per heavy atom. The molecule has 0 aromatic carbocycles. The number of carboxylic acid groups (broad SMARTS) is 1. The zero-order valence-corrected chi connectivity index (χ0v) is 11.7. The van der Waals surface area contributed by atoms with Gasteiger partial charge in [0.2, 0.25) is 11.8 Å². The standard InChI is InChI=1S/C13H20N2O4/c1-8-7-14-12(19-8)9(2)15-10(16)5-13(3,4)6-11(17)18/h7,9H,5-6H2,1-4H3,(H,15,16)(H,17,18). The number of amides is 1. The number of aromatic nitrogens is 1. The maximum absolute atomic E-state index is 11.9. The first-order valence-electron chi connectivity index (χ1n) is 6.13. The van der Waals surface area contributed by atoms with Gasteiger partial charge in [-0.3, -0.25) is 9.59 Å². The lowest BCUT2D eigenvalue weighted by molar-refractivity contribution is -0.139. The first-order valence-corrected chi connectivity index (χ1v) is 6.13. The van der Waals surface area contributed by atoms with Gasteiger partial charge in [-0.25, -0.2) is 4.98 Å². The van der Waals surface area contributed by atoms with Crippen LogP contribution in [0, 0.1) is 12.3 Å². The molecule has 6 heteroatoms. The predicted molar refractivity (Wildman–Crippen MR) is 68.4 cm³/mol. The number of carbonyl (C=O) groups excluding carboxylic acids is 1. The summed E-state index contributed by atoms with van der Waals surface area (Å²) < 4.78 is 5.32. The number of carbonyl (C=O) groups is 2. The number of rotatable bonds is 6. The van der Waals surface area contributed by atoms with Crippen molar-refractivity contribution in [2.24, 2.45) is 5.41 Å². The summed E-state index contributed by atoms with van der Waals surface area (Å²) in [5, 5.41) is 11.5. The molecule has 1 heterocycles. The Bertz CT molecular complexity index is 465. The highest BCUT2D eigenvalue weighted by Gasteiger charge is 2.26. The number of oxazole rings is 1. The summed E-state index contributed by atoms with van der Waals surface area (Å²) in [7, 11) is 0.